The molecule has 3 heterocycles. The predicted molar refractivity (Wildman–Crippen MR) is 165 cm³/mol. The minimum Gasteiger partial charge on any atom is -0.367 e. The van der Waals surface area contributed by atoms with Crippen molar-refractivity contribution in [2.45, 2.75) is 69.9 Å². The van der Waals surface area contributed by atoms with E-state index in [4.69, 9.17) is 4.98 Å². The Morgan fingerprint density at radius 1 is 0.786 bits per heavy atom. The Bertz CT molecular complexity index is 1570. The van der Waals surface area contributed by atoms with Crippen molar-refractivity contribution < 1.29 is 4.79 Å². The van der Waals surface area contributed by atoms with Crippen molar-refractivity contribution in [3.05, 3.63) is 90.0 Å². The van der Waals surface area contributed by atoms with Gasteiger partial charge >= 0.3 is 0 Å². The van der Waals surface area contributed by atoms with Gasteiger partial charge in [-0.15, -0.1) is 0 Å². The SMILES string of the molecule is O=C(NC1CCCC1)c1ccnc(C#Cc2ccc(Nc3ncc(-c4ccccn4)c(NC4CCCCC4)n3)cc2)c1. The predicted octanol–water partition coefficient (Wildman–Crippen LogP) is 6.49. The smallest absolute Gasteiger partial charge is 0.251 e. The number of rotatable bonds is 7. The zero-order chi connectivity index (χ0) is 28.6. The number of hydrogen-bond donors (Lipinski definition) is 3. The van der Waals surface area contributed by atoms with E-state index < -0.39 is 0 Å². The highest BCUT2D eigenvalue weighted by molar-refractivity contribution is 5.94. The average molecular weight is 558 g/mol. The van der Waals surface area contributed by atoms with E-state index in [0.717, 1.165) is 54.0 Å². The third kappa shape index (κ3) is 7.10. The summed E-state index contributed by atoms with van der Waals surface area (Å²) in [5, 5.41) is 10.1. The van der Waals surface area contributed by atoms with Gasteiger partial charge in [-0.1, -0.05) is 44.1 Å². The molecule has 0 aliphatic heterocycles. The first-order valence-electron chi connectivity index (χ1n) is 14.9. The van der Waals surface area contributed by atoms with Crippen molar-refractivity contribution in [3.63, 3.8) is 0 Å². The van der Waals surface area contributed by atoms with Crippen LogP contribution in [0.1, 0.15) is 79.4 Å². The zero-order valence-electron chi connectivity index (χ0n) is 23.6. The van der Waals surface area contributed by atoms with Crippen LogP contribution < -0.4 is 16.0 Å². The highest BCUT2D eigenvalue weighted by Crippen LogP contribution is 2.29. The number of nitrogens with one attached hydrogen (secondary N) is 3. The molecule has 3 aromatic heterocycles. The van der Waals surface area contributed by atoms with Gasteiger partial charge in [0.05, 0.1) is 11.3 Å². The Labute approximate surface area is 246 Å². The van der Waals surface area contributed by atoms with E-state index in [2.05, 4.69) is 42.7 Å². The first kappa shape index (κ1) is 27.4. The van der Waals surface area contributed by atoms with Crippen LogP contribution in [0.15, 0.2) is 73.2 Å². The molecule has 0 spiro atoms. The zero-order valence-corrected chi connectivity index (χ0v) is 23.6. The van der Waals surface area contributed by atoms with Gasteiger partial charge in [0.2, 0.25) is 5.95 Å². The molecule has 212 valence electrons. The topological polar surface area (TPSA) is 105 Å². The molecule has 8 heteroatoms. The molecule has 2 aliphatic rings. The van der Waals surface area contributed by atoms with Gasteiger partial charge in [-0.25, -0.2) is 9.97 Å². The van der Waals surface area contributed by atoms with Crippen LogP contribution in [0.2, 0.25) is 0 Å². The van der Waals surface area contributed by atoms with E-state index in [1.165, 1.54) is 32.1 Å². The van der Waals surface area contributed by atoms with Gasteiger partial charge in [-0.3, -0.25) is 9.78 Å². The van der Waals surface area contributed by atoms with E-state index in [1.807, 2.05) is 48.7 Å². The van der Waals surface area contributed by atoms with E-state index in [9.17, 15) is 4.79 Å². The van der Waals surface area contributed by atoms with Gasteiger partial charge in [0, 0.05) is 47.5 Å². The minimum atomic E-state index is -0.0600. The van der Waals surface area contributed by atoms with Gasteiger partial charge in [0.1, 0.15) is 11.5 Å². The Kier molecular flexibility index (Phi) is 8.65. The van der Waals surface area contributed by atoms with Crippen molar-refractivity contribution in [1.29, 1.82) is 0 Å². The summed E-state index contributed by atoms with van der Waals surface area (Å²) < 4.78 is 0. The second kappa shape index (κ2) is 13.3. The maximum Gasteiger partial charge on any atom is 0.251 e. The molecule has 0 bridgehead atoms. The van der Waals surface area contributed by atoms with Crippen LogP contribution in [-0.4, -0.2) is 37.9 Å². The van der Waals surface area contributed by atoms with Crippen molar-refractivity contribution >= 4 is 23.4 Å². The van der Waals surface area contributed by atoms with Gasteiger partial charge in [0.15, 0.2) is 0 Å². The number of carbonyl (C=O) groups is 1. The number of pyridine rings is 2. The molecule has 6 rings (SSSR count). The summed E-state index contributed by atoms with van der Waals surface area (Å²) in [6.45, 7) is 0. The number of carbonyl (C=O) groups excluding carboxylic acids is 1. The Balaban J connectivity index is 1.14. The molecular formula is C34H35N7O. The summed E-state index contributed by atoms with van der Waals surface area (Å²) in [6.07, 6.45) is 15.8. The number of nitrogens with zero attached hydrogens (tertiary/aromatic N) is 4. The fraction of sp³-hybridized carbons (Fsp3) is 0.324. The maximum atomic E-state index is 12.6. The normalized spacial score (nSPS) is 15.4. The summed E-state index contributed by atoms with van der Waals surface area (Å²) >= 11 is 0. The quantitative estimate of drug-likeness (QED) is 0.223. The molecule has 0 radical (unpaired) electrons. The average Bonchev–Trinajstić information content (AvgIpc) is 3.55. The van der Waals surface area contributed by atoms with E-state index in [1.54, 1.807) is 24.5 Å². The third-order valence-corrected chi connectivity index (χ3v) is 7.86. The molecule has 8 nitrogen and oxygen atoms in total. The van der Waals surface area contributed by atoms with Crippen molar-refractivity contribution in [1.82, 2.24) is 25.3 Å². The van der Waals surface area contributed by atoms with E-state index in [0.29, 0.717) is 23.2 Å². The molecule has 0 atom stereocenters. The van der Waals surface area contributed by atoms with E-state index >= 15 is 0 Å². The second-order valence-corrected chi connectivity index (χ2v) is 11.0. The van der Waals surface area contributed by atoms with Crippen LogP contribution in [0.5, 0.6) is 0 Å². The number of aromatic nitrogens is 4. The number of anilines is 3. The molecule has 2 fully saturated rings. The summed E-state index contributed by atoms with van der Waals surface area (Å²) in [7, 11) is 0. The monoisotopic (exact) mass is 557 g/mol. The summed E-state index contributed by atoms with van der Waals surface area (Å²) in [5.74, 6) is 7.49. The van der Waals surface area contributed by atoms with Gasteiger partial charge in [-0.05, 0) is 80.1 Å². The molecule has 42 heavy (non-hydrogen) atoms. The highest BCUT2D eigenvalue weighted by Gasteiger charge is 2.19. The largest absolute Gasteiger partial charge is 0.367 e. The number of amides is 1. The lowest BCUT2D eigenvalue weighted by atomic mass is 9.95. The lowest BCUT2D eigenvalue weighted by molar-refractivity contribution is 0.0937. The molecule has 2 saturated carbocycles. The minimum absolute atomic E-state index is 0.0600. The lowest BCUT2D eigenvalue weighted by Crippen LogP contribution is -2.32. The fourth-order valence-corrected chi connectivity index (χ4v) is 5.58. The molecule has 4 aromatic rings. The van der Waals surface area contributed by atoms with Crippen LogP contribution in [0.25, 0.3) is 11.3 Å². The van der Waals surface area contributed by atoms with E-state index in [-0.39, 0.29) is 11.9 Å². The van der Waals surface area contributed by atoms with Crippen LogP contribution in [-0.2, 0) is 0 Å². The first-order chi connectivity index (χ1) is 20.7. The molecule has 1 amide bonds. The van der Waals surface area contributed by atoms with Crippen molar-refractivity contribution in [2.75, 3.05) is 10.6 Å². The van der Waals surface area contributed by atoms with Crippen molar-refractivity contribution in [2.24, 2.45) is 0 Å². The molecule has 1 aromatic carbocycles. The third-order valence-electron chi connectivity index (χ3n) is 7.86. The van der Waals surface area contributed by atoms with Gasteiger partial charge in [-0.2, -0.15) is 4.98 Å². The maximum absolute atomic E-state index is 12.6. The Morgan fingerprint density at radius 3 is 2.36 bits per heavy atom. The Morgan fingerprint density at radius 2 is 1.57 bits per heavy atom. The second-order valence-electron chi connectivity index (χ2n) is 11.0. The summed E-state index contributed by atoms with van der Waals surface area (Å²) in [5.41, 5.74) is 4.60. The Hall–Kier alpha value is -4.77. The van der Waals surface area contributed by atoms with Crippen LogP contribution in [0.3, 0.4) is 0 Å². The van der Waals surface area contributed by atoms with Crippen LogP contribution in [0.4, 0.5) is 17.5 Å². The summed E-state index contributed by atoms with van der Waals surface area (Å²) in [6, 6.07) is 17.8. The molecule has 0 unspecified atom stereocenters. The fourth-order valence-electron chi connectivity index (χ4n) is 5.58. The standard InChI is InChI=1S/C34H35N7O/c42-33(39-27-10-4-5-11-27)25-19-21-35-29(22-25)18-15-24-13-16-28(17-14-24)40-34-37-23-30(31-12-6-7-20-36-31)32(41-34)38-26-8-2-1-3-9-26/h6-7,12-14,16-17,19-23,26-27H,1-5,8-11H2,(H,39,42)(H2,37,38,40,41). The molecule has 0 saturated heterocycles. The van der Waals surface area contributed by atoms with Gasteiger partial charge < -0.3 is 16.0 Å². The summed E-state index contributed by atoms with van der Waals surface area (Å²) in [4.78, 5) is 30.9. The van der Waals surface area contributed by atoms with Crippen LogP contribution >= 0.6 is 0 Å². The molecule has 3 N–H and O–H groups in total. The van der Waals surface area contributed by atoms with Gasteiger partial charge in [0.25, 0.3) is 5.91 Å². The number of benzene rings is 1. The van der Waals surface area contributed by atoms with Crippen molar-refractivity contribution in [3.8, 4) is 23.1 Å². The first-order valence-corrected chi connectivity index (χ1v) is 14.9. The number of hydrogen-bond acceptors (Lipinski definition) is 7. The lowest BCUT2D eigenvalue weighted by Gasteiger charge is -2.24. The van der Waals surface area contributed by atoms with Crippen LogP contribution in [0, 0.1) is 11.8 Å². The highest BCUT2D eigenvalue weighted by atomic mass is 16.1. The molecular weight excluding hydrogens is 522 g/mol. The molecule has 2 aliphatic carbocycles.